The third-order valence-electron chi connectivity index (χ3n) is 3.88. The Morgan fingerprint density at radius 1 is 1.18 bits per heavy atom. The largest absolute Gasteiger partial charge is 0.444 e. The van der Waals surface area contributed by atoms with Crippen LogP contribution in [-0.2, 0) is 9.16 Å². The molecular weight excluding hydrogens is 296 g/mol. The molecule has 0 radical (unpaired) electrons. The smallest absolute Gasteiger partial charge is 0.407 e. The maximum atomic E-state index is 11.5. The summed E-state index contributed by atoms with van der Waals surface area (Å²) in [6, 6.07) is 0.00885. The minimum Gasteiger partial charge on any atom is -0.444 e. The van der Waals surface area contributed by atoms with Crippen molar-refractivity contribution in [2.24, 2.45) is 5.73 Å². The molecule has 0 heterocycles. The van der Waals surface area contributed by atoms with E-state index in [2.05, 4.69) is 39.2 Å². The maximum absolute atomic E-state index is 11.5. The highest BCUT2D eigenvalue weighted by Gasteiger charge is 2.37. The normalized spacial score (nSPS) is 14.6. The van der Waals surface area contributed by atoms with E-state index in [1.165, 1.54) is 0 Å². The molecular formula is C16H36N2O3Si. The fourth-order valence-electron chi connectivity index (χ4n) is 1.48. The van der Waals surface area contributed by atoms with E-state index in [0.717, 1.165) is 12.8 Å². The molecule has 0 rings (SSSR count). The summed E-state index contributed by atoms with van der Waals surface area (Å²) >= 11 is 0. The molecule has 0 unspecified atom stereocenters. The van der Waals surface area contributed by atoms with Gasteiger partial charge in [0.25, 0.3) is 0 Å². The second-order valence-electron chi connectivity index (χ2n) is 8.40. The van der Waals surface area contributed by atoms with Crippen LogP contribution in [0.5, 0.6) is 0 Å². The number of amides is 1. The number of hydrogen-bond acceptors (Lipinski definition) is 4. The summed E-state index contributed by atoms with van der Waals surface area (Å²) in [5.41, 5.74) is 5.64. The van der Waals surface area contributed by atoms with E-state index >= 15 is 0 Å². The van der Waals surface area contributed by atoms with Gasteiger partial charge in [-0.05, 0) is 51.7 Å². The van der Waals surface area contributed by atoms with Crippen LogP contribution in [0.2, 0.25) is 18.1 Å². The van der Waals surface area contributed by atoms with Crippen molar-refractivity contribution in [2.45, 2.75) is 84.2 Å². The summed E-state index contributed by atoms with van der Waals surface area (Å²) in [7, 11) is -1.73. The zero-order valence-electron chi connectivity index (χ0n) is 15.7. The van der Waals surface area contributed by atoms with Crippen LogP contribution in [0.4, 0.5) is 4.79 Å². The van der Waals surface area contributed by atoms with Crippen molar-refractivity contribution in [3.05, 3.63) is 0 Å². The molecule has 0 aromatic heterocycles. The fraction of sp³-hybridized carbons (Fsp3) is 0.938. The molecule has 1 amide bonds. The number of rotatable bonds is 7. The van der Waals surface area contributed by atoms with Crippen molar-refractivity contribution < 1.29 is 14.0 Å². The van der Waals surface area contributed by atoms with Crippen molar-refractivity contribution in [3.8, 4) is 0 Å². The van der Waals surface area contributed by atoms with Gasteiger partial charge in [-0.2, -0.15) is 0 Å². The first-order valence-corrected chi connectivity index (χ1v) is 11.0. The number of nitrogens with two attached hydrogens (primary N) is 1. The first-order valence-electron chi connectivity index (χ1n) is 8.11. The van der Waals surface area contributed by atoms with Gasteiger partial charge in [0, 0.05) is 19.2 Å². The Hall–Kier alpha value is -0.593. The first kappa shape index (κ1) is 21.4. The molecule has 3 N–H and O–H groups in total. The van der Waals surface area contributed by atoms with Gasteiger partial charge < -0.3 is 20.2 Å². The lowest BCUT2D eigenvalue weighted by Gasteiger charge is -2.37. The zero-order valence-corrected chi connectivity index (χ0v) is 16.7. The molecule has 5 nitrogen and oxygen atoms in total. The van der Waals surface area contributed by atoms with Crippen molar-refractivity contribution >= 4 is 14.4 Å². The molecule has 0 aromatic carbocycles. The molecule has 0 bridgehead atoms. The number of nitrogens with one attached hydrogen (secondary N) is 1. The molecule has 0 spiro atoms. The average Bonchev–Trinajstić information content (AvgIpc) is 2.28. The summed E-state index contributed by atoms with van der Waals surface area (Å²) < 4.78 is 11.3. The van der Waals surface area contributed by atoms with E-state index in [4.69, 9.17) is 14.9 Å². The van der Waals surface area contributed by atoms with Crippen molar-refractivity contribution in [1.82, 2.24) is 5.32 Å². The number of ether oxygens (including phenoxy) is 1. The van der Waals surface area contributed by atoms with E-state index in [1.54, 1.807) is 0 Å². The number of hydrogen-bond donors (Lipinski definition) is 2. The topological polar surface area (TPSA) is 73.6 Å². The highest BCUT2D eigenvalue weighted by molar-refractivity contribution is 6.74. The second kappa shape index (κ2) is 8.31. The van der Waals surface area contributed by atoms with E-state index in [9.17, 15) is 4.79 Å². The molecule has 0 aliphatic rings. The lowest BCUT2D eigenvalue weighted by atomic mass is 10.2. The number of alkyl carbamates (subject to hydrolysis) is 1. The highest BCUT2D eigenvalue weighted by Crippen LogP contribution is 2.36. The molecule has 0 aliphatic carbocycles. The predicted molar refractivity (Wildman–Crippen MR) is 94.6 cm³/mol. The Bertz CT molecular complexity index is 346. The lowest BCUT2D eigenvalue weighted by Crippen LogP contribution is -2.44. The summed E-state index contributed by atoms with van der Waals surface area (Å²) in [4.78, 5) is 11.5. The van der Waals surface area contributed by atoms with Crippen LogP contribution in [0, 0.1) is 0 Å². The fourth-order valence-corrected chi connectivity index (χ4v) is 2.55. The standard InChI is InChI=1S/C16H36N2O3Si/c1-15(2,3)21-14(19)18-11-9-10-13(17)12-20-22(7,8)16(4,5)6/h13H,9-12,17H2,1-8H3,(H,18,19)/t13-/m0/s1. The second-order valence-corrected chi connectivity index (χ2v) is 13.2. The minimum absolute atomic E-state index is 0.00885. The molecule has 0 saturated heterocycles. The minimum atomic E-state index is -1.73. The first-order chi connectivity index (χ1) is 9.74. The molecule has 22 heavy (non-hydrogen) atoms. The number of carbonyl (C=O) groups is 1. The van der Waals surface area contributed by atoms with E-state index in [-0.39, 0.29) is 17.2 Å². The van der Waals surface area contributed by atoms with Gasteiger partial charge in [0.1, 0.15) is 5.60 Å². The Morgan fingerprint density at radius 3 is 2.18 bits per heavy atom. The van der Waals surface area contributed by atoms with Crippen LogP contribution in [0.3, 0.4) is 0 Å². The Morgan fingerprint density at radius 2 is 1.73 bits per heavy atom. The van der Waals surface area contributed by atoms with Crippen LogP contribution in [0.1, 0.15) is 54.4 Å². The van der Waals surface area contributed by atoms with Gasteiger partial charge in [0.05, 0.1) is 0 Å². The van der Waals surface area contributed by atoms with Gasteiger partial charge in [-0.1, -0.05) is 20.8 Å². The van der Waals surface area contributed by atoms with E-state index < -0.39 is 13.9 Å². The predicted octanol–water partition coefficient (Wildman–Crippen LogP) is 3.64. The summed E-state index contributed by atoms with van der Waals surface area (Å²) in [5, 5.41) is 2.94. The Kier molecular flexibility index (Phi) is 8.09. The van der Waals surface area contributed by atoms with Crippen molar-refractivity contribution in [3.63, 3.8) is 0 Å². The molecule has 0 fully saturated rings. The molecule has 0 saturated carbocycles. The third-order valence-corrected chi connectivity index (χ3v) is 8.39. The zero-order chi connectivity index (χ0) is 17.6. The Labute approximate surface area is 137 Å². The molecule has 6 heteroatoms. The van der Waals surface area contributed by atoms with Gasteiger partial charge in [0.2, 0.25) is 0 Å². The van der Waals surface area contributed by atoms with Gasteiger partial charge in [-0.3, -0.25) is 0 Å². The van der Waals surface area contributed by atoms with Gasteiger partial charge in [-0.15, -0.1) is 0 Å². The monoisotopic (exact) mass is 332 g/mol. The van der Waals surface area contributed by atoms with Crippen LogP contribution >= 0.6 is 0 Å². The molecule has 132 valence electrons. The van der Waals surface area contributed by atoms with Crippen LogP contribution in [-0.4, -0.2) is 39.2 Å². The van der Waals surface area contributed by atoms with Crippen molar-refractivity contribution in [1.29, 1.82) is 0 Å². The summed E-state index contributed by atoms with van der Waals surface area (Å²) in [6.07, 6.45) is 1.27. The Balaban J connectivity index is 3.88. The third kappa shape index (κ3) is 9.43. The van der Waals surface area contributed by atoms with Crippen molar-refractivity contribution in [2.75, 3.05) is 13.2 Å². The van der Waals surface area contributed by atoms with Gasteiger partial charge in [0.15, 0.2) is 8.32 Å². The molecule has 0 aromatic rings. The van der Waals surface area contributed by atoms with Crippen LogP contribution < -0.4 is 11.1 Å². The highest BCUT2D eigenvalue weighted by atomic mass is 28.4. The molecule has 0 aliphatic heterocycles. The quantitative estimate of drug-likeness (QED) is 0.551. The lowest BCUT2D eigenvalue weighted by molar-refractivity contribution is 0.0526. The summed E-state index contributed by atoms with van der Waals surface area (Å²) in [5.74, 6) is 0. The summed E-state index contributed by atoms with van der Waals surface area (Å²) in [6.45, 7) is 17.8. The SMILES string of the molecule is CC(C)(C)OC(=O)NCCC[C@H](N)CO[Si](C)(C)C(C)(C)C. The van der Waals surface area contributed by atoms with Crippen LogP contribution in [0.15, 0.2) is 0 Å². The van der Waals surface area contributed by atoms with E-state index in [1.807, 2.05) is 20.8 Å². The van der Waals surface area contributed by atoms with Gasteiger partial charge >= 0.3 is 6.09 Å². The number of carbonyl (C=O) groups excluding carboxylic acids is 1. The van der Waals surface area contributed by atoms with Crippen LogP contribution in [0.25, 0.3) is 0 Å². The van der Waals surface area contributed by atoms with Gasteiger partial charge in [-0.25, -0.2) is 4.79 Å². The maximum Gasteiger partial charge on any atom is 0.407 e. The average molecular weight is 333 g/mol. The molecule has 1 atom stereocenters. The van der Waals surface area contributed by atoms with E-state index in [0.29, 0.717) is 13.2 Å².